The summed E-state index contributed by atoms with van der Waals surface area (Å²) in [5, 5.41) is 0. The Morgan fingerprint density at radius 1 is 1.19 bits per heavy atom. The molecule has 0 atom stereocenters. The second-order valence-electron chi connectivity index (χ2n) is 7.41. The van der Waals surface area contributed by atoms with Gasteiger partial charge < -0.3 is 14.6 Å². The van der Waals surface area contributed by atoms with Crippen LogP contribution in [0.4, 0.5) is 5.69 Å². The third kappa shape index (κ3) is 3.87. The lowest BCUT2D eigenvalue weighted by molar-refractivity contribution is 0.0599. The zero-order valence-electron chi connectivity index (χ0n) is 18.6. The molecule has 31 heavy (non-hydrogen) atoms. The number of esters is 1. The molecule has 0 saturated carbocycles. The van der Waals surface area contributed by atoms with Gasteiger partial charge in [0, 0.05) is 31.0 Å². The number of sulfonamides is 1. The second kappa shape index (κ2) is 8.84. The molecule has 168 valence electrons. The number of benzene rings is 1. The van der Waals surface area contributed by atoms with Crippen molar-refractivity contribution in [2.75, 3.05) is 31.6 Å². The van der Waals surface area contributed by atoms with Gasteiger partial charge >= 0.3 is 5.97 Å². The van der Waals surface area contributed by atoms with Gasteiger partial charge in [-0.15, -0.1) is 0 Å². The number of carbonyl (C=O) groups excluding carboxylic acids is 2. The summed E-state index contributed by atoms with van der Waals surface area (Å²) >= 11 is 0. The molecule has 0 spiro atoms. The second-order valence-corrected chi connectivity index (χ2v) is 9.35. The first-order chi connectivity index (χ1) is 14.7. The van der Waals surface area contributed by atoms with E-state index < -0.39 is 16.0 Å². The molecule has 2 heterocycles. The molecule has 9 heteroatoms. The number of aryl methyl sites for hydroxylation is 1. The van der Waals surface area contributed by atoms with Crippen molar-refractivity contribution in [2.24, 2.45) is 0 Å². The van der Waals surface area contributed by atoms with Crippen LogP contribution in [0.15, 0.2) is 23.1 Å². The molecule has 0 radical (unpaired) electrons. The number of ether oxygens (including phenoxy) is 1. The number of hydrogen-bond acceptors (Lipinski definition) is 5. The van der Waals surface area contributed by atoms with Crippen LogP contribution in [0.25, 0.3) is 0 Å². The Morgan fingerprint density at radius 2 is 1.87 bits per heavy atom. The largest absolute Gasteiger partial charge is 0.465 e. The van der Waals surface area contributed by atoms with Crippen LogP contribution >= 0.6 is 0 Å². The van der Waals surface area contributed by atoms with E-state index in [1.54, 1.807) is 43.9 Å². The van der Waals surface area contributed by atoms with E-state index in [1.165, 1.54) is 11.4 Å². The standard InChI is InChI=1S/C22H29N3O5S/c1-6-17-19(22(27)30-5)14(4)20(23-17)21(26)25-12-11-15-13-16(9-10-18(15)25)31(28,29)24(7-2)8-3/h9-10,13,23H,6-8,11-12H2,1-5H3. The first-order valence-electron chi connectivity index (χ1n) is 10.5. The SMILES string of the molecule is CCc1[nH]c(C(=O)N2CCc3cc(S(=O)(=O)N(CC)CC)ccc32)c(C)c1C(=O)OC. The lowest BCUT2D eigenvalue weighted by atomic mass is 10.1. The summed E-state index contributed by atoms with van der Waals surface area (Å²) in [5.74, 6) is -0.724. The Labute approximate surface area is 183 Å². The Morgan fingerprint density at radius 3 is 2.45 bits per heavy atom. The van der Waals surface area contributed by atoms with Gasteiger partial charge in [-0.05, 0) is 49.1 Å². The minimum absolute atomic E-state index is 0.238. The van der Waals surface area contributed by atoms with Crippen LogP contribution in [0.1, 0.15) is 58.4 Å². The van der Waals surface area contributed by atoms with E-state index in [4.69, 9.17) is 4.74 Å². The maximum absolute atomic E-state index is 13.3. The van der Waals surface area contributed by atoms with Crippen molar-refractivity contribution in [3.05, 3.63) is 46.3 Å². The van der Waals surface area contributed by atoms with Gasteiger partial charge in [-0.25, -0.2) is 13.2 Å². The van der Waals surface area contributed by atoms with Crippen LogP contribution < -0.4 is 4.90 Å². The van der Waals surface area contributed by atoms with E-state index in [0.717, 1.165) is 5.56 Å². The molecule has 0 bridgehead atoms. The molecule has 1 aliphatic rings. The lowest BCUT2D eigenvalue weighted by Crippen LogP contribution is -2.31. The average Bonchev–Trinajstić information content (AvgIpc) is 3.33. The fourth-order valence-corrected chi connectivity index (χ4v) is 5.62. The average molecular weight is 448 g/mol. The van der Waals surface area contributed by atoms with Crippen molar-refractivity contribution in [1.82, 2.24) is 9.29 Å². The van der Waals surface area contributed by atoms with Gasteiger partial charge in [-0.2, -0.15) is 4.31 Å². The lowest BCUT2D eigenvalue weighted by Gasteiger charge is -2.20. The fourth-order valence-electron chi connectivity index (χ4n) is 4.11. The summed E-state index contributed by atoms with van der Waals surface area (Å²) in [5.41, 5.74) is 3.47. The maximum Gasteiger partial charge on any atom is 0.339 e. The summed E-state index contributed by atoms with van der Waals surface area (Å²) in [7, 11) is -2.25. The number of aromatic amines is 1. The van der Waals surface area contributed by atoms with Gasteiger partial charge in [0.2, 0.25) is 10.0 Å². The molecule has 8 nitrogen and oxygen atoms in total. The Hall–Kier alpha value is -2.65. The summed E-state index contributed by atoms with van der Waals surface area (Å²) < 4.78 is 32.0. The molecule has 3 rings (SSSR count). The van der Waals surface area contributed by atoms with E-state index in [-0.39, 0.29) is 10.8 Å². The van der Waals surface area contributed by atoms with Crippen molar-refractivity contribution in [3.63, 3.8) is 0 Å². The van der Waals surface area contributed by atoms with Crippen LogP contribution in [0.5, 0.6) is 0 Å². The minimum Gasteiger partial charge on any atom is -0.465 e. The Balaban J connectivity index is 1.97. The molecule has 2 aromatic rings. The first-order valence-corrected chi connectivity index (χ1v) is 11.9. The molecule has 0 aliphatic carbocycles. The Bertz CT molecular complexity index is 1120. The number of amides is 1. The van der Waals surface area contributed by atoms with Gasteiger partial charge in [-0.1, -0.05) is 20.8 Å². The van der Waals surface area contributed by atoms with E-state index in [1.807, 2.05) is 6.92 Å². The predicted octanol–water partition coefficient (Wildman–Crippen LogP) is 2.91. The normalized spacial score (nSPS) is 13.5. The van der Waals surface area contributed by atoms with Gasteiger partial charge in [-0.3, -0.25) is 4.79 Å². The smallest absolute Gasteiger partial charge is 0.339 e. The number of H-pyrrole nitrogens is 1. The van der Waals surface area contributed by atoms with Crippen molar-refractivity contribution in [2.45, 2.75) is 45.4 Å². The van der Waals surface area contributed by atoms with Crippen LogP contribution in [0.3, 0.4) is 0 Å². The van der Waals surface area contributed by atoms with Gasteiger partial charge in [0.15, 0.2) is 0 Å². The molecule has 1 amide bonds. The number of carbonyl (C=O) groups is 2. The third-order valence-electron chi connectivity index (χ3n) is 5.82. The van der Waals surface area contributed by atoms with Crippen LogP contribution in [-0.4, -0.2) is 56.3 Å². The number of fused-ring (bicyclic) bond motifs is 1. The number of anilines is 1. The highest BCUT2D eigenvalue weighted by Crippen LogP contribution is 2.33. The monoisotopic (exact) mass is 447 g/mol. The predicted molar refractivity (Wildman–Crippen MR) is 118 cm³/mol. The van der Waals surface area contributed by atoms with Gasteiger partial charge in [0.05, 0.1) is 17.6 Å². The van der Waals surface area contributed by atoms with Crippen molar-refractivity contribution >= 4 is 27.6 Å². The molecule has 1 aromatic heterocycles. The molecule has 0 saturated heterocycles. The van der Waals surface area contributed by atoms with Crippen LogP contribution in [-0.2, 0) is 27.6 Å². The maximum atomic E-state index is 13.3. The molecule has 0 unspecified atom stereocenters. The number of nitrogens with one attached hydrogen (secondary N) is 1. The van der Waals surface area contributed by atoms with Crippen molar-refractivity contribution in [3.8, 4) is 0 Å². The van der Waals surface area contributed by atoms with E-state index >= 15 is 0 Å². The molecule has 1 N–H and O–H groups in total. The molecule has 0 fully saturated rings. The van der Waals surface area contributed by atoms with E-state index in [9.17, 15) is 18.0 Å². The summed E-state index contributed by atoms with van der Waals surface area (Å²) in [6.07, 6.45) is 1.12. The summed E-state index contributed by atoms with van der Waals surface area (Å²) in [4.78, 5) is 30.5. The number of rotatable bonds is 7. The molecule has 1 aliphatic heterocycles. The number of aromatic nitrogens is 1. The van der Waals surface area contributed by atoms with E-state index in [2.05, 4.69) is 4.98 Å². The molecular weight excluding hydrogens is 418 g/mol. The number of methoxy groups -OCH3 is 1. The molecule has 1 aromatic carbocycles. The zero-order chi connectivity index (χ0) is 22.9. The van der Waals surface area contributed by atoms with Crippen LogP contribution in [0, 0.1) is 6.92 Å². The topological polar surface area (TPSA) is 99.8 Å². The van der Waals surface area contributed by atoms with Gasteiger partial charge in [0.1, 0.15) is 5.69 Å². The zero-order valence-corrected chi connectivity index (χ0v) is 19.4. The quantitative estimate of drug-likeness (QED) is 0.658. The van der Waals surface area contributed by atoms with Crippen molar-refractivity contribution in [1.29, 1.82) is 0 Å². The Kier molecular flexibility index (Phi) is 6.56. The number of hydrogen-bond donors (Lipinski definition) is 1. The van der Waals surface area contributed by atoms with Crippen molar-refractivity contribution < 1.29 is 22.7 Å². The van der Waals surface area contributed by atoms with E-state index in [0.29, 0.717) is 60.7 Å². The highest BCUT2D eigenvalue weighted by molar-refractivity contribution is 7.89. The number of nitrogens with zero attached hydrogens (tertiary/aromatic N) is 2. The summed E-state index contributed by atoms with van der Waals surface area (Å²) in [6, 6.07) is 4.91. The van der Waals surface area contributed by atoms with Crippen LogP contribution in [0.2, 0.25) is 0 Å². The van der Waals surface area contributed by atoms with Gasteiger partial charge in [0.25, 0.3) is 5.91 Å². The molecular formula is C22H29N3O5S. The first kappa shape index (κ1) is 23.0. The fraction of sp³-hybridized carbons (Fsp3) is 0.455. The summed E-state index contributed by atoms with van der Waals surface area (Å²) in [6.45, 7) is 8.47. The highest BCUT2D eigenvalue weighted by atomic mass is 32.2. The minimum atomic E-state index is -3.57. The third-order valence-corrected chi connectivity index (χ3v) is 7.87. The highest BCUT2D eigenvalue weighted by Gasteiger charge is 2.32.